The molecular formula is C31H46O7. The van der Waals surface area contributed by atoms with E-state index < -0.39 is 17.3 Å². The Morgan fingerprint density at radius 1 is 0.947 bits per heavy atom. The highest BCUT2D eigenvalue weighted by Crippen LogP contribution is 2.71. The summed E-state index contributed by atoms with van der Waals surface area (Å²) in [6.07, 6.45) is 6.54. The highest BCUT2D eigenvalue weighted by molar-refractivity contribution is 5.90. The van der Waals surface area contributed by atoms with E-state index in [-0.39, 0.29) is 64.9 Å². The molecule has 0 aromatic rings. The van der Waals surface area contributed by atoms with Gasteiger partial charge in [-0.15, -0.1) is 0 Å². The summed E-state index contributed by atoms with van der Waals surface area (Å²) in [5.74, 6) is 0.386. The monoisotopic (exact) mass is 530 g/mol. The smallest absolute Gasteiger partial charge is 0.303 e. The molecule has 2 saturated heterocycles. The number of esters is 2. The Labute approximate surface area is 227 Å². The van der Waals surface area contributed by atoms with Crippen molar-refractivity contribution in [2.24, 2.45) is 52.3 Å². The number of carbonyl (C=O) groups is 3. The van der Waals surface area contributed by atoms with Gasteiger partial charge in [-0.2, -0.15) is 0 Å². The van der Waals surface area contributed by atoms with Gasteiger partial charge in [0, 0.05) is 43.4 Å². The van der Waals surface area contributed by atoms with Gasteiger partial charge in [-0.1, -0.05) is 27.7 Å². The van der Waals surface area contributed by atoms with Gasteiger partial charge in [-0.05, 0) is 74.0 Å². The standard InChI is InChI=1S/C31H46O7/c1-16-9-12-31(35-15-16)17(2)25-24(38-31)14-23-22-8-7-20-13-21(36-18(3)32)10-11-29(20,5)26(22)27(34)28(30(23,25)6)37-19(4)33/h16-17,20-26,28H,7-15H2,1-6H3/t16?,17-,20?,21?,22-,23-,24-,25-,26+,28?,29-,30-,31+/m0/s1. The molecule has 13 atom stereocenters. The molecule has 0 aromatic carbocycles. The number of rotatable bonds is 2. The fourth-order valence-corrected chi connectivity index (χ4v) is 10.7. The molecule has 0 bridgehead atoms. The van der Waals surface area contributed by atoms with Gasteiger partial charge in [-0.25, -0.2) is 0 Å². The lowest BCUT2D eigenvalue weighted by Crippen LogP contribution is -2.65. The van der Waals surface area contributed by atoms with Crippen molar-refractivity contribution in [3.05, 3.63) is 0 Å². The minimum Gasteiger partial charge on any atom is -0.463 e. The summed E-state index contributed by atoms with van der Waals surface area (Å²) in [5, 5.41) is 0. The third-order valence-electron chi connectivity index (χ3n) is 12.3. The lowest BCUT2D eigenvalue weighted by molar-refractivity contribution is -0.273. The summed E-state index contributed by atoms with van der Waals surface area (Å²) in [7, 11) is 0. The van der Waals surface area contributed by atoms with E-state index >= 15 is 0 Å². The highest BCUT2D eigenvalue weighted by atomic mass is 16.7. The van der Waals surface area contributed by atoms with Crippen LogP contribution in [0.2, 0.25) is 0 Å². The van der Waals surface area contributed by atoms with E-state index in [2.05, 4.69) is 27.7 Å². The van der Waals surface area contributed by atoms with Crippen LogP contribution in [0.15, 0.2) is 0 Å². The quantitative estimate of drug-likeness (QED) is 0.460. The van der Waals surface area contributed by atoms with Crippen molar-refractivity contribution >= 4 is 17.7 Å². The molecule has 6 rings (SSSR count). The number of ketones is 1. The summed E-state index contributed by atoms with van der Waals surface area (Å²) in [5.41, 5.74) is -0.646. The van der Waals surface area contributed by atoms with Gasteiger partial charge in [0.2, 0.25) is 0 Å². The second kappa shape index (κ2) is 9.02. The average Bonchev–Trinajstić information content (AvgIpc) is 3.29. The zero-order chi connectivity index (χ0) is 27.2. The first-order valence-electron chi connectivity index (χ1n) is 15.1. The van der Waals surface area contributed by atoms with E-state index in [1.165, 1.54) is 13.8 Å². The van der Waals surface area contributed by atoms with Crippen LogP contribution >= 0.6 is 0 Å². The number of Topliss-reactive ketones (excluding diaryl/α,β-unsaturated/α-hetero) is 1. The zero-order valence-corrected chi connectivity index (χ0v) is 24.0. The van der Waals surface area contributed by atoms with E-state index in [4.69, 9.17) is 18.9 Å². The first-order valence-corrected chi connectivity index (χ1v) is 15.1. The minimum absolute atomic E-state index is 0.0169. The largest absolute Gasteiger partial charge is 0.463 e. The van der Waals surface area contributed by atoms with Crippen LogP contribution in [0, 0.1) is 52.3 Å². The predicted molar refractivity (Wildman–Crippen MR) is 139 cm³/mol. The number of fused-ring (bicyclic) bond motifs is 7. The highest BCUT2D eigenvalue weighted by Gasteiger charge is 2.74. The van der Waals surface area contributed by atoms with Crippen LogP contribution in [-0.2, 0) is 33.3 Å². The first-order chi connectivity index (χ1) is 17.9. The van der Waals surface area contributed by atoms with E-state index in [1.807, 2.05) is 0 Å². The van der Waals surface area contributed by atoms with Crippen molar-refractivity contribution in [3.8, 4) is 0 Å². The van der Waals surface area contributed by atoms with Crippen LogP contribution in [0.3, 0.4) is 0 Å². The first kappa shape index (κ1) is 26.7. The summed E-state index contributed by atoms with van der Waals surface area (Å²) in [6, 6.07) is 0. The van der Waals surface area contributed by atoms with Crippen LogP contribution < -0.4 is 0 Å². The van der Waals surface area contributed by atoms with Crippen molar-refractivity contribution in [2.45, 2.75) is 117 Å². The normalized spacial score (nSPS) is 53.5. The second-order valence-electron chi connectivity index (χ2n) is 14.3. The third kappa shape index (κ3) is 3.69. The summed E-state index contributed by atoms with van der Waals surface area (Å²) in [4.78, 5) is 38.8. The van der Waals surface area contributed by atoms with Crippen molar-refractivity contribution in [2.75, 3.05) is 6.61 Å². The predicted octanol–water partition coefficient (Wildman–Crippen LogP) is 5.09. The van der Waals surface area contributed by atoms with E-state index in [0.29, 0.717) is 18.4 Å². The minimum atomic E-state index is -0.758. The van der Waals surface area contributed by atoms with Crippen LogP contribution in [0.1, 0.15) is 92.9 Å². The Bertz CT molecular complexity index is 1000. The molecule has 6 aliphatic rings. The topological polar surface area (TPSA) is 88.1 Å². The van der Waals surface area contributed by atoms with Crippen LogP contribution in [0.4, 0.5) is 0 Å². The molecule has 7 nitrogen and oxygen atoms in total. The van der Waals surface area contributed by atoms with Gasteiger partial charge in [0.1, 0.15) is 6.10 Å². The number of ether oxygens (including phenoxy) is 4. The number of hydrogen-bond donors (Lipinski definition) is 0. The van der Waals surface area contributed by atoms with Crippen molar-refractivity contribution < 1.29 is 33.3 Å². The maximum atomic E-state index is 14.6. The van der Waals surface area contributed by atoms with Crippen LogP contribution in [0.5, 0.6) is 0 Å². The maximum absolute atomic E-state index is 14.6. The van der Waals surface area contributed by atoms with Gasteiger partial charge in [0.05, 0.1) is 12.7 Å². The van der Waals surface area contributed by atoms with E-state index in [9.17, 15) is 14.4 Å². The molecule has 2 aliphatic heterocycles. The Morgan fingerprint density at radius 3 is 2.34 bits per heavy atom. The van der Waals surface area contributed by atoms with Crippen LogP contribution in [0.25, 0.3) is 0 Å². The van der Waals surface area contributed by atoms with Crippen molar-refractivity contribution in [3.63, 3.8) is 0 Å². The molecule has 6 fully saturated rings. The molecule has 0 N–H and O–H groups in total. The molecule has 4 aliphatic carbocycles. The van der Waals surface area contributed by atoms with Gasteiger partial charge >= 0.3 is 11.9 Å². The summed E-state index contributed by atoms with van der Waals surface area (Å²) >= 11 is 0. The van der Waals surface area contributed by atoms with Gasteiger partial charge in [0.15, 0.2) is 17.7 Å². The average molecular weight is 531 g/mol. The third-order valence-corrected chi connectivity index (χ3v) is 12.3. The Balaban J connectivity index is 1.34. The molecule has 38 heavy (non-hydrogen) atoms. The maximum Gasteiger partial charge on any atom is 0.303 e. The zero-order valence-electron chi connectivity index (χ0n) is 24.0. The van der Waals surface area contributed by atoms with Crippen molar-refractivity contribution in [1.29, 1.82) is 0 Å². The Kier molecular flexibility index (Phi) is 6.35. The molecule has 4 unspecified atom stereocenters. The second-order valence-corrected chi connectivity index (χ2v) is 14.3. The molecular weight excluding hydrogens is 484 g/mol. The van der Waals surface area contributed by atoms with E-state index in [1.54, 1.807) is 0 Å². The lowest BCUT2D eigenvalue weighted by Gasteiger charge is -2.61. The SMILES string of the molecule is CC(=O)OC1CC[C@@]2(C)C(CC[C@H]3[C@@H]4C[C@@H]5O[C@]6(CCC(C)CO6)[C@@H](C)[C@@H]5[C@@]4(C)C(OC(C)=O)C(=O)[C@@H]32)C1. The molecule has 2 heterocycles. The van der Waals surface area contributed by atoms with Gasteiger partial charge in [-0.3, -0.25) is 14.4 Å². The molecule has 0 radical (unpaired) electrons. The molecule has 1 spiro atoms. The Hall–Kier alpha value is -1.47. The lowest BCUT2D eigenvalue weighted by atomic mass is 9.43. The fourth-order valence-electron chi connectivity index (χ4n) is 10.7. The Morgan fingerprint density at radius 2 is 1.68 bits per heavy atom. The summed E-state index contributed by atoms with van der Waals surface area (Å²) < 4.78 is 25.0. The molecule has 212 valence electrons. The molecule has 0 aromatic heterocycles. The summed E-state index contributed by atoms with van der Waals surface area (Å²) in [6.45, 7) is 12.6. The van der Waals surface area contributed by atoms with Crippen molar-refractivity contribution in [1.82, 2.24) is 0 Å². The number of hydrogen-bond acceptors (Lipinski definition) is 7. The molecule has 7 heteroatoms. The van der Waals surface area contributed by atoms with E-state index in [0.717, 1.165) is 51.4 Å². The van der Waals surface area contributed by atoms with Gasteiger partial charge in [0.25, 0.3) is 0 Å². The molecule has 0 amide bonds. The van der Waals surface area contributed by atoms with Gasteiger partial charge < -0.3 is 18.9 Å². The number of carbonyl (C=O) groups excluding carboxylic acids is 3. The fraction of sp³-hybridized carbons (Fsp3) is 0.903. The molecule has 4 saturated carbocycles. The van der Waals surface area contributed by atoms with Crippen LogP contribution in [-0.4, -0.2) is 48.4 Å².